The lowest BCUT2D eigenvalue weighted by atomic mass is 10.2. The van der Waals surface area contributed by atoms with E-state index in [0.29, 0.717) is 13.0 Å². The summed E-state index contributed by atoms with van der Waals surface area (Å²) in [6, 6.07) is 0. The van der Waals surface area contributed by atoms with E-state index in [2.05, 4.69) is 9.98 Å². The van der Waals surface area contributed by atoms with Crippen LogP contribution in [0.2, 0.25) is 0 Å². The van der Waals surface area contributed by atoms with E-state index in [1.165, 1.54) is 6.34 Å². The van der Waals surface area contributed by atoms with E-state index in [4.69, 9.17) is 17.3 Å². The number of halogens is 1. The van der Waals surface area contributed by atoms with Gasteiger partial charge in [-0.15, -0.1) is 0 Å². The molecule has 0 saturated heterocycles. The summed E-state index contributed by atoms with van der Waals surface area (Å²) in [4.78, 5) is 7.02. The largest absolute Gasteiger partial charge is 0.330 e. The maximum absolute atomic E-state index is 5.84. The summed E-state index contributed by atoms with van der Waals surface area (Å²) in [5, 5.41) is 0. The van der Waals surface area contributed by atoms with Gasteiger partial charge in [-0.1, -0.05) is 11.6 Å². The molecule has 0 aromatic rings. The Kier molecular flexibility index (Phi) is 1.83. The standard InChI is InChI=1S/C5H8ClN3/c6-5(1-2-7)3-8-4-9-5/h3-4H,1-2,7H2. The van der Waals surface area contributed by atoms with Crippen molar-refractivity contribution in [1.29, 1.82) is 0 Å². The van der Waals surface area contributed by atoms with Gasteiger partial charge in [-0.25, -0.2) is 9.98 Å². The second-order valence-corrected chi connectivity index (χ2v) is 2.53. The van der Waals surface area contributed by atoms with E-state index >= 15 is 0 Å². The molecule has 1 atom stereocenters. The summed E-state index contributed by atoms with van der Waals surface area (Å²) in [6.45, 7) is 0.535. The van der Waals surface area contributed by atoms with Gasteiger partial charge in [0.1, 0.15) is 6.34 Å². The van der Waals surface area contributed by atoms with Crippen LogP contribution in [0.3, 0.4) is 0 Å². The summed E-state index contributed by atoms with van der Waals surface area (Å²) in [5.41, 5.74) is 5.27. The number of hydrogen-bond acceptors (Lipinski definition) is 3. The van der Waals surface area contributed by atoms with Crippen molar-refractivity contribution in [2.45, 2.75) is 11.4 Å². The third-order valence-corrected chi connectivity index (χ3v) is 1.49. The quantitative estimate of drug-likeness (QED) is 0.443. The Balaban J connectivity index is 2.53. The molecule has 1 unspecified atom stereocenters. The van der Waals surface area contributed by atoms with E-state index in [-0.39, 0.29) is 0 Å². The molecule has 0 aromatic carbocycles. The number of nitrogens with zero attached hydrogens (tertiary/aromatic N) is 2. The average Bonchev–Trinajstić information content (AvgIpc) is 2.16. The fourth-order valence-corrected chi connectivity index (χ4v) is 0.851. The zero-order valence-corrected chi connectivity index (χ0v) is 5.67. The minimum Gasteiger partial charge on any atom is -0.330 e. The van der Waals surface area contributed by atoms with Crippen LogP contribution in [-0.4, -0.2) is 24.1 Å². The van der Waals surface area contributed by atoms with Gasteiger partial charge in [0.2, 0.25) is 0 Å². The van der Waals surface area contributed by atoms with Crippen molar-refractivity contribution in [2.24, 2.45) is 15.7 Å². The molecule has 0 spiro atoms. The van der Waals surface area contributed by atoms with E-state index in [0.717, 1.165) is 0 Å². The van der Waals surface area contributed by atoms with Gasteiger partial charge in [-0.3, -0.25) is 0 Å². The van der Waals surface area contributed by atoms with Gasteiger partial charge in [0.25, 0.3) is 0 Å². The molecular formula is C5H8ClN3. The second-order valence-electron chi connectivity index (χ2n) is 1.88. The molecule has 9 heavy (non-hydrogen) atoms. The van der Waals surface area contributed by atoms with Crippen LogP contribution in [0.5, 0.6) is 0 Å². The molecule has 3 nitrogen and oxygen atoms in total. The van der Waals surface area contributed by atoms with Gasteiger partial charge >= 0.3 is 0 Å². The van der Waals surface area contributed by atoms with E-state index in [1.54, 1.807) is 6.21 Å². The van der Waals surface area contributed by atoms with Crippen molar-refractivity contribution in [1.82, 2.24) is 0 Å². The Labute approximate surface area is 58.6 Å². The van der Waals surface area contributed by atoms with Gasteiger partial charge in [0, 0.05) is 12.6 Å². The summed E-state index contributed by atoms with van der Waals surface area (Å²) in [7, 11) is 0. The highest BCUT2D eigenvalue weighted by atomic mass is 35.5. The molecule has 1 aliphatic heterocycles. The first-order valence-electron chi connectivity index (χ1n) is 2.74. The zero-order valence-electron chi connectivity index (χ0n) is 4.92. The van der Waals surface area contributed by atoms with Crippen LogP contribution in [0.15, 0.2) is 9.98 Å². The summed E-state index contributed by atoms with van der Waals surface area (Å²) in [5.74, 6) is 0. The van der Waals surface area contributed by atoms with Crippen LogP contribution < -0.4 is 5.73 Å². The number of alkyl halides is 1. The topological polar surface area (TPSA) is 50.7 Å². The fourth-order valence-electron chi connectivity index (χ4n) is 0.642. The first-order chi connectivity index (χ1) is 4.27. The molecule has 1 heterocycles. The molecule has 2 N–H and O–H groups in total. The second kappa shape index (κ2) is 2.45. The monoisotopic (exact) mass is 145 g/mol. The normalized spacial score (nSPS) is 31.8. The maximum atomic E-state index is 5.84. The SMILES string of the molecule is NCCC1(Cl)C=NC=N1. The van der Waals surface area contributed by atoms with Crippen molar-refractivity contribution in [2.75, 3.05) is 6.54 Å². The highest BCUT2D eigenvalue weighted by Gasteiger charge is 2.23. The lowest BCUT2D eigenvalue weighted by Crippen LogP contribution is -2.22. The lowest BCUT2D eigenvalue weighted by Gasteiger charge is -2.10. The Hall–Kier alpha value is -0.410. The molecule has 0 saturated carbocycles. The van der Waals surface area contributed by atoms with Gasteiger partial charge < -0.3 is 5.73 Å². The molecule has 0 fully saturated rings. The molecule has 1 rings (SSSR count). The number of rotatable bonds is 2. The Morgan fingerprint density at radius 1 is 1.67 bits per heavy atom. The third-order valence-electron chi connectivity index (χ3n) is 1.11. The van der Waals surface area contributed by atoms with Crippen molar-refractivity contribution in [3.8, 4) is 0 Å². The highest BCUT2D eigenvalue weighted by Crippen LogP contribution is 2.20. The first kappa shape index (κ1) is 6.71. The van der Waals surface area contributed by atoms with Crippen molar-refractivity contribution in [3.05, 3.63) is 0 Å². The summed E-state index contributed by atoms with van der Waals surface area (Å²) < 4.78 is 0. The Bertz CT molecular complexity index is 140. The molecule has 0 aliphatic carbocycles. The van der Waals surface area contributed by atoms with E-state index in [9.17, 15) is 0 Å². The minimum atomic E-state index is -0.630. The van der Waals surface area contributed by atoms with Crippen LogP contribution >= 0.6 is 11.6 Å². The zero-order chi connectivity index (χ0) is 6.74. The van der Waals surface area contributed by atoms with Gasteiger partial charge in [-0.05, 0) is 6.54 Å². The van der Waals surface area contributed by atoms with Crippen LogP contribution in [0.1, 0.15) is 6.42 Å². The lowest BCUT2D eigenvalue weighted by molar-refractivity contribution is 0.724. The molecular weight excluding hydrogens is 138 g/mol. The highest BCUT2D eigenvalue weighted by molar-refractivity contribution is 6.33. The van der Waals surface area contributed by atoms with Crippen LogP contribution in [0.4, 0.5) is 0 Å². The minimum absolute atomic E-state index is 0.535. The molecule has 0 radical (unpaired) electrons. The van der Waals surface area contributed by atoms with Crippen molar-refractivity contribution >= 4 is 24.2 Å². The summed E-state index contributed by atoms with van der Waals surface area (Å²) in [6.07, 6.45) is 3.69. The van der Waals surface area contributed by atoms with Crippen molar-refractivity contribution in [3.63, 3.8) is 0 Å². The summed E-state index contributed by atoms with van der Waals surface area (Å²) >= 11 is 5.84. The fraction of sp³-hybridized carbons (Fsp3) is 0.600. The average molecular weight is 146 g/mol. The molecule has 4 heteroatoms. The van der Waals surface area contributed by atoms with Crippen LogP contribution in [0, 0.1) is 0 Å². The molecule has 1 aliphatic rings. The molecule has 0 bridgehead atoms. The van der Waals surface area contributed by atoms with Gasteiger partial charge in [-0.2, -0.15) is 0 Å². The molecule has 50 valence electrons. The third kappa shape index (κ3) is 1.50. The number of nitrogens with two attached hydrogens (primary N) is 1. The number of hydrogen-bond donors (Lipinski definition) is 1. The first-order valence-corrected chi connectivity index (χ1v) is 3.12. The van der Waals surface area contributed by atoms with E-state index < -0.39 is 5.00 Å². The van der Waals surface area contributed by atoms with Crippen LogP contribution in [-0.2, 0) is 0 Å². The predicted octanol–water partition coefficient (Wildman–Crippen LogP) is 0.383. The van der Waals surface area contributed by atoms with E-state index in [1.807, 2.05) is 0 Å². The van der Waals surface area contributed by atoms with Gasteiger partial charge in [0.15, 0.2) is 5.00 Å². The van der Waals surface area contributed by atoms with Crippen molar-refractivity contribution < 1.29 is 0 Å². The number of aliphatic imine (C=N–C) groups is 2. The smallest absolute Gasteiger partial charge is 0.171 e. The van der Waals surface area contributed by atoms with Crippen LogP contribution in [0.25, 0.3) is 0 Å². The Morgan fingerprint density at radius 2 is 2.44 bits per heavy atom. The molecule has 0 aromatic heterocycles. The molecule has 0 amide bonds. The maximum Gasteiger partial charge on any atom is 0.171 e. The predicted molar refractivity (Wildman–Crippen MR) is 39.2 cm³/mol. The Morgan fingerprint density at radius 3 is 2.89 bits per heavy atom. The van der Waals surface area contributed by atoms with Gasteiger partial charge in [0.05, 0.1) is 0 Å².